The maximum atomic E-state index is 12.8. The maximum Gasteiger partial charge on any atom is 0.270 e. The molecule has 0 unspecified atom stereocenters. The summed E-state index contributed by atoms with van der Waals surface area (Å²) in [6, 6.07) is 19.6. The van der Waals surface area contributed by atoms with E-state index in [4.69, 9.17) is 16.9 Å². The molecule has 3 aromatic rings. The van der Waals surface area contributed by atoms with Crippen LogP contribution in [0.15, 0.2) is 76.5 Å². The lowest BCUT2D eigenvalue weighted by Crippen LogP contribution is -2.13. The van der Waals surface area contributed by atoms with Gasteiger partial charge in [0.15, 0.2) is 0 Å². The summed E-state index contributed by atoms with van der Waals surface area (Å²) in [6.07, 6.45) is 0. The second-order valence-corrected chi connectivity index (χ2v) is 7.19. The molecule has 3 rings (SSSR count). The molecule has 1 amide bonds. The van der Waals surface area contributed by atoms with Crippen LogP contribution in [0.4, 0.5) is 11.4 Å². The fourth-order valence-corrected chi connectivity index (χ4v) is 3.44. The van der Waals surface area contributed by atoms with Crippen LogP contribution in [0.25, 0.3) is 0 Å². The fraction of sp³-hybridized carbons (Fsp3) is 0. The number of nitriles is 1. The first-order chi connectivity index (χ1) is 13.5. The molecule has 1 N–H and O–H groups in total. The quantitative estimate of drug-likeness (QED) is 0.441. The summed E-state index contributed by atoms with van der Waals surface area (Å²) in [6.45, 7) is 0. The topological polar surface area (TPSA) is 96.0 Å². The summed E-state index contributed by atoms with van der Waals surface area (Å²) in [5.41, 5.74) is 0.804. The van der Waals surface area contributed by atoms with Crippen molar-refractivity contribution in [2.75, 3.05) is 5.32 Å². The van der Waals surface area contributed by atoms with Crippen LogP contribution in [-0.2, 0) is 0 Å². The van der Waals surface area contributed by atoms with Crippen LogP contribution in [0.2, 0.25) is 5.02 Å². The van der Waals surface area contributed by atoms with Crippen molar-refractivity contribution in [2.45, 2.75) is 9.79 Å². The molecule has 0 aliphatic rings. The Morgan fingerprint density at radius 1 is 1.11 bits per heavy atom. The van der Waals surface area contributed by atoms with Crippen molar-refractivity contribution < 1.29 is 9.72 Å². The number of hydrogen-bond donors (Lipinski definition) is 1. The SMILES string of the molecule is N#Cc1cccc(NC(=O)c2cc([N+](=O)[O-])ccc2Sc2ccc(Cl)cc2)c1. The second kappa shape index (κ2) is 8.57. The average Bonchev–Trinajstić information content (AvgIpc) is 2.70. The lowest BCUT2D eigenvalue weighted by molar-refractivity contribution is -0.384. The van der Waals surface area contributed by atoms with Gasteiger partial charge in [-0.25, -0.2) is 0 Å². The van der Waals surface area contributed by atoms with Gasteiger partial charge < -0.3 is 5.32 Å². The number of benzene rings is 3. The van der Waals surface area contributed by atoms with Gasteiger partial charge in [-0.3, -0.25) is 14.9 Å². The highest BCUT2D eigenvalue weighted by atomic mass is 35.5. The molecular weight excluding hydrogens is 398 g/mol. The molecular formula is C20H12ClN3O3S. The molecule has 0 fully saturated rings. The number of rotatable bonds is 5. The highest BCUT2D eigenvalue weighted by Gasteiger charge is 2.18. The van der Waals surface area contributed by atoms with Gasteiger partial charge in [-0.2, -0.15) is 5.26 Å². The second-order valence-electron chi connectivity index (χ2n) is 5.64. The number of nitrogens with zero attached hydrogens (tertiary/aromatic N) is 2. The molecule has 6 nitrogen and oxygen atoms in total. The summed E-state index contributed by atoms with van der Waals surface area (Å²) in [4.78, 5) is 24.8. The van der Waals surface area contributed by atoms with Gasteiger partial charge >= 0.3 is 0 Å². The number of amides is 1. The molecule has 0 saturated heterocycles. The predicted molar refractivity (Wildman–Crippen MR) is 108 cm³/mol. The zero-order valence-electron chi connectivity index (χ0n) is 14.3. The van der Waals surface area contributed by atoms with E-state index in [-0.39, 0.29) is 11.3 Å². The van der Waals surface area contributed by atoms with E-state index in [0.717, 1.165) is 4.90 Å². The van der Waals surface area contributed by atoms with E-state index in [1.807, 2.05) is 6.07 Å². The van der Waals surface area contributed by atoms with E-state index in [1.54, 1.807) is 42.5 Å². The molecule has 0 aliphatic carbocycles. The first kappa shape index (κ1) is 19.4. The molecule has 0 bridgehead atoms. The molecule has 3 aromatic carbocycles. The summed E-state index contributed by atoms with van der Waals surface area (Å²) in [5, 5.41) is 23.4. The summed E-state index contributed by atoms with van der Waals surface area (Å²) in [5.74, 6) is -0.504. The van der Waals surface area contributed by atoms with Gasteiger partial charge in [0.25, 0.3) is 11.6 Å². The Morgan fingerprint density at radius 3 is 2.54 bits per heavy atom. The highest BCUT2D eigenvalue weighted by molar-refractivity contribution is 7.99. The number of nitro groups is 1. The fourth-order valence-electron chi connectivity index (χ4n) is 2.39. The number of halogens is 1. The van der Waals surface area contributed by atoms with Crippen molar-refractivity contribution in [1.82, 2.24) is 0 Å². The van der Waals surface area contributed by atoms with Crippen molar-refractivity contribution in [3.63, 3.8) is 0 Å². The number of nitrogens with one attached hydrogen (secondary N) is 1. The van der Waals surface area contributed by atoms with Crippen LogP contribution in [0, 0.1) is 21.4 Å². The molecule has 0 aromatic heterocycles. The minimum atomic E-state index is -0.552. The Hall–Kier alpha value is -3.34. The predicted octanol–water partition coefficient (Wildman–Crippen LogP) is 5.52. The molecule has 138 valence electrons. The van der Waals surface area contributed by atoms with E-state index < -0.39 is 10.8 Å². The van der Waals surface area contributed by atoms with Crippen molar-refractivity contribution in [1.29, 1.82) is 5.26 Å². The zero-order valence-corrected chi connectivity index (χ0v) is 15.8. The van der Waals surface area contributed by atoms with Crippen LogP contribution in [0.1, 0.15) is 15.9 Å². The van der Waals surface area contributed by atoms with Crippen LogP contribution in [0.3, 0.4) is 0 Å². The normalized spacial score (nSPS) is 10.1. The molecule has 0 aliphatic heterocycles. The van der Waals surface area contributed by atoms with E-state index >= 15 is 0 Å². The van der Waals surface area contributed by atoms with Crippen LogP contribution in [0.5, 0.6) is 0 Å². The molecule has 0 spiro atoms. The van der Waals surface area contributed by atoms with Gasteiger partial charge in [0.2, 0.25) is 0 Å². The number of anilines is 1. The van der Waals surface area contributed by atoms with E-state index in [2.05, 4.69) is 5.32 Å². The third-order valence-electron chi connectivity index (χ3n) is 3.71. The minimum absolute atomic E-state index is 0.163. The number of nitro benzene ring substituents is 1. The van der Waals surface area contributed by atoms with Crippen molar-refractivity contribution in [2.24, 2.45) is 0 Å². The van der Waals surface area contributed by atoms with Crippen LogP contribution >= 0.6 is 23.4 Å². The number of non-ortho nitro benzene ring substituents is 1. The number of hydrogen-bond acceptors (Lipinski definition) is 5. The van der Waals surface area contributed by atoms with Gasteiger partial charge in [0, 0.05) is 32.6 Å². The third-order valence-corrected chi connectivity index (χ3v) is 5.05. The minimum Gasteiger partial charge on any atom is -0.322 e. The van der Waals surface area contributed by atoms with E-state index in [1.165, 1.54) is 36.0 Å². The van der Waals surface area contributed by atoms with E-state index in [9.17, 15) is 14.9 Å². The van der Waals surface area contributed by atoms with Crippen LogP contribution < -0.4 is 5.32 Å². The molecule has 28 heavy (non-hydrogen) atoms. The summed E-state index contributed by atoms with van der Waals surface area (Å²) >= 11 is 7.19. The lowest BCUT2D eigenvalue weighted by atomic mass is 10.1. The smallest absolute Gasteiger partial charge is 0.270 e. The van der Waals surface area contributed by atoms with Gasteiger partial charge in [-0.1, -0.05) is 29.4 Å². The molecule has 0 atom stereocenters. The van der Waals surface area contributed by atoms with Crippen molar-refractivity contribution >= 4 is 40.6 Å². The maximum absolute atomic E-state index is 12.8. The molecule has 0 saturated carbocycles. The monoisotopic (exact) mass is 409 g/mol. The Labute approximate surface area is 169 Å². The van der Waals surface area contributed by atoms with Gasteiger partial charge in [0.1, 0.15) is 0 Å². The first-order valence-electron chi connectivity index (χ1n) is 7.99. The average molecular weight is 410 g/mol. The Morgan fingerprint density at radius 2 is 1.86 bits per heavy atom. The number of carbonyl (C=O) groups is 1. The number of carbonyl (C=O) groups excluding carboxylic acids is 1. The van der Waals surface area contributed by atoms with Crippen molar-refractivity contribution in [3.8, 4) is 6.07 Å². The Balaban J connectivity index is 1.94. The largest absolute Gasteiger partial charge is 0.322 e. The highest BCUT2D eigenvalue weighted by Crippen LogP contribution is 2.33. The lowest BCUT2D eigenvalue weighted by Gasteiger charge is -2.10. The summed E-state index contributed by atoms with van der Waals surface area (Å²) in [7, 11) is 0. The van der Waals surface area contributed by atoms with E-state index in [0.29, 0.717) is 21.2 Å². The van der Waals surface area contributed by atoms with Gasteiger partial charge in [0.05, 0.1) is 22.1 Å². The van der Waals surface area contributed by atoms with Crippen LogP contribution in [-0.4, -0.2) is 10.8 Å². The van der Waals surface area contributed by atoms with Gasteiger partial charge in [-0.15, -0.1) is 0 Å². The Bertz CT molecular complexity index is 1090. The van der Waals surface area contributed by atoms with Gasteiger partial charge in [-0.05, 0) is 48.5 Å². The zero-order chi connectivity index (χ0) is 20.1. The Kier molecular flexibility index (Phi) is 5.94. The molecule has 0 heterocycles. The third kappa shape index (κ3) is 4.68. The van der Waals surface area contributed by atoms with Crippen molar-refractivity contribution in [3.05, 3.63) is 93.0 Å². The first-order valence-corrected chi connectivity index (χ1v) is 9.19. The standard InChI is InChI=1S/C20H12ClN3O3S/c21-14-4-7-17(8-5-14)28-19-9-6-16(24(26)27)11-18(19)20(25)23-15-3-1-2-13(10-15)12-22/h1-11H,(H,23,25). The molecule has 8 heteroatoms. The molecule has 0 radical (unpaired) electrons. The summed E-state index contributed by atoms with van der Waals surface area (Å²) < 4.78 is 0.